The molecular weight excluding hydrogens is 233 g/mol. The van der Waals surface area contributed by atoms with Gasteiger partial charge < -0.3 is 9.80 Å². The maximum absolute atomic E-state index is 11.9. The molecule has 3 nitrogen and oxygen atoms in total. The van der Waals surface area contributed by atoms with Crippen LogP contribution in [-0.4, -0.2) is 56.1 Å². The standard InChI is InChI=1S/C11H21F3N2O/c1-15(2)8-5-9-16(3)10(17)6-4-7-11(12,13)14/h4-9H2,1-3H3. The predicted molar refractivity (Wildman–Crippen MR) is 60.7 cm³/mol. The zero-order valence-electron chi connectivity index (χ0n) is 10.7. The van der Waals surface area contributed by atoms with Gasteiger partial charge in [-0.15, -0.1) is 0 Å². The summed E-state index contributed by atoms with van der Waals surface area (Å²) < 4.78 is 35.6. The highest BCUT2D eigenvalue weighted by molar-refractivity contribution is 5.75. The molecule has 0 saturated heterocycles. The Hall–Kier alpha value is -0.780. The van der Waals surface area contributed by atoms with E-state index in [0.717, 1.165) is 13.0 Å². The van der Waals surface area contributed by atoms with E-state index in [2.05, 4.69) is 0 Å². The van der Waals surface area contributed by atoms with Crippen LogP contribution >= 0.6 is 0 Å². The van der Waals surface area contributed by atoms with Crippen LogP contribution in [0.5, 0.6) is 0 Å². The van der Waals surface area contributed by atoms with Crippen LogP contribution in [0.3, 0.4) is 0 Å². The number of hydrogen-bond acceptors (Lipinski definition) is 2. The number of halogens is 3. The summed E-state index contributed by atoms with van der Waals surface area (Å²) >= 11 is 0. The highest BCUT2D eigenvalue weighted by Gasteiger charge is 2.26. The SMILES string of the molecule is CN(C)CCCN(C)C(=O)CCCC(F)(F)F. The van der Waals surface area contributed by atoms with Gasteiger partial charge in [0.2, 0.25) is 5.91 Å². The van der Waals surface area contributed by atoms with Gasteiger partial charge in [-0.25, -0.2) is 0 Å². The van der Waals surface area contributed by atoms with E-state index in [9.17, 15) is 18.0 Å². The zero-order chi connectivity index (χ0) is 13.5. The molecule has 0 aliphatic rings. The second-order valence-electron chi connectivity index (χ2n) is 4.44. The van der Waals surface area contributed by atoms with Crippen molar-refractivity contribution in [3.05, 3.63) is 0 Å². The maximum Gasteiger partial charge on any atom is 0.389 e. The molecule has 0 unspecified atom stereocenters. The van der Waals surface area contributed by atoms with Crippen molar-refractivity contribution in [3.8, 4) is 0 Å². The number of hydrogen-bond donors (Lipinski definition) is 0. The molecule has 0 heterocycles. The fourth-order valence-electron chi connectivity index (χ4n) is 1.38. The van der Waals surface area contributed by atoms with Crippen molar-refractivity contribution in [1.82, 2.24) is 9.80 Å². The number of amides is 1. The van der Waals surface area contributed by atoms with Crippen LogP contribution in [0.25, 0.3) is 0 Å². The largest absolute Gasteiger partial charge is 0.389 e. The second kappa shape index (κ2) is 7.53. The Morgan fingerprint density at radius 3 is 2.12 bits per heavy atom. The van der Waals surface area contributed by atoms with Crippen molar-refractivity contribution < 1.29 is 18.0 Å². The number of nitrogens with zero attached hydrogens (tertiary/aromatic N) is 2. The summed E-state index contributed by atoms with van der Waals surface area (Å²) in [4.78, 5) is 15.0. The monoisotopic (exact) mass is 254 g/mol. The normalized spacial score (nSPS) is 11.9. The summed E-state index contributed by atoms with van der Waals surface area (Å²) in [7, 11) is 5.50. The van der Waals surface area contributed by atoms with Gasteiger partial charge in [0, 0.05) is 26.4 Å². The van der Waals surface area contributed by atoms with E-state index in [1.807, 2.05) is 19.0 Å². The van der Waals surface area contributed by atoms with Crippen LogP contribution in [0.4, 0.5) is 13.2 Å². The fourth-order valence-corrected chi connectivity index (χ4v) is 1.38. The van der Waals surface area contributed by atoms with Gasteiger partial charge in [-0.2, -0.15) is 13.2 Å². The molecule has 0 N–H and O–H groups in total. The van der Waals surface area contributed by atoms with Gasteiger partial charge in [0.1, 0.15) is 0 Å². The van der Waals surface area contributed by atoms with E-state index in [4.69, 9.17) is 0 Å². The first kappa shape index (κ1) is 16.2. The van der Waals surface area contributed by atoms with E-state index in [0.29, 0.717) is 6.54 Å². The van der Waals surface area contributed by atoms with E-state index in [1.165, 1.54) is 4.90 Å². The summed E-state index contributed by atoms with van der Waals surface area (Å²) in [6, 6.07) is 0. The molecule has 0 fully saturated rings. The van der Waals surface area contributed by atoms with E-state index in [-0.39, 0.29) is 18.7 Å². The molecular formula is C11H21F3N2O. The molecule has 6 heteroatoms. The topological polar surface area (TPSA) is 23.6 Å². The molecule has 0 saturated carbocycles. The molecule has 0 radical (unpaired) electrons. The van der Waals surface area contributed by atoms with Crippen LogP contribution in [0, 0.1) is 0 Å². The highest BCUT2D eigenvalue weighted by atomic mass is 19.4. The lowest BCUT2D eigenvalue weighted by molar-refractivity contribution is -0.139. The number of carbonyl (C=O) groups is 1. The summed E-state index contributed by atoms with van der Waals surface area (Å²) in [6.07, 6.45) is -4.37. The molecule has 0 aromatic carbocycles. The van der Waals surface area contributed by atoms with Gasteiger partial charge in [0.15, 0.2) is 0 Å². The Bertz CT molecular complexity index is 229. The number of rotatable bonds is 7. The number of alkyl halides is 3. The van der Waals surface area contributed by atoms with Gasteiger partial charge in [-0.05, 0) is 33.5 Å². The Kier molecular flexibility index (Phi) is 7.18. The Balaban J connectivity index is 3.68. The Morgan fingerprint density at radius 2 is 1.65 bits per heavy atom. The van der Waals surface area contributed by atoms with Crippen LogP contribution < -0.4 is 0 Å². The van der Waals surface area contributed by atoms with Crippen molar-refractivity contribution in [2.45, 2.75) is 31.9 Å². The lowest BCUT2D eigenvalue weighted by atomic mass is 10.2. The molecule has 0 aliphatic carbocycles. The molecule has 0 aromatic heterocycles. The molecule has 102 valence electrons. The molecule has 0 rings (SSSR count). The first-order chi connectivity index (χ1) is 7.72. The van der Waals surface area contributed by atoms with Gasteiger partial charge in [0.05, 0.1) is 0 Å². The summed E-state index contributed by atoms with van der Waals surface area (Å²) in [5, 5.41) is 0. The third-order valence-electron chi connectivity index (χ3n) is 2.38. The van der Waals surface area contributed by atoms with E-state index >= 15 is 0 Å². The maximum atomic E-state index is 11.9. The average molecular weight is 254 g/mol. The molecule has 0 aromatic rings. The summed E-state index contributed by atoms with van der Waals surface area (Å²) in [5.41, 5.74) is 0. The molecule has 0 spiro atoms. The summed E-state index contributed by atoms with van der Waals surface area (Å²) in [6.45, 7) is 1.45. The predicted octanol–water partition coefficient (Wildman–Crippen LogP) is 2.13. The highest BCUT2D eigenvalue weighted by Crippen LogP contribution is 2.22. The minimum Gasteiger partial charge on any atom is -0.346 e. The van der Waals surface area contributed by atoms with Gasteiger partial charge >= 0.3 is 6.18 Å². The van der Waals surface area contributed by atoms with Gasteiger partial charge in [-0.1, -0.05) is 0 Å². The van der Waals surface area contributed by atoms with Crippen LogP contribution in [-0.2, 0) is 4.79 Å². The van der Waals surface area contributed by atoms with Gasteiger partial charge in [-0.3, -0.25) is 4.79 Å². The quantitative estimate of drug-likeness (QED) is 0.695. The van der Waals surface area contributed by atoms with Crippen molar-refractivity contribution in [1.29, 1.82) is 0 Å². The molecule has 0 atom stereocenters. The molecule has 0 bridgehead atoms. The molecule has 1 amide bonds. The lowest BCUT2D eigenvalue weighted by Gasteiger charge is -2.18. The molecule has 0 aliphatic heterocycles. The third kappa shape index (κ3) is 10.1. The van der Waals surface area contributed by atoms with Crippen LogP contribution in [0.2, 0.25) is 0 Å². The minimum atomic E-state index is -4.16. The van der Waals surface area contributed by atoms with Crippen molar-refractivity contribution in [2.75, 3.05) is 34.2 Å². The second-order valence-corrected chi connectivity index (χ2v) is 4.44. The first-order valence-corrected chi connectivity index (χ1v) is 5.68. The van der Waals surface area contributed by atoms with Gasteiger partial charge in [0.25, 0.3) is 0 Å². The van der Waals surface area contributed by atoms with E-state index in [1.54, 1.807) is 7.05 Å². The average Bonchev–Trinajstić information content (AvgIpc) is 2.14. The zero-order valence-corrected chi connectivity index (χ0v) is 10.7. The Morgan fingerprint density at radius 1 is 1.06 bits per heavy atom. The van der Waals surface area contributed by atoms with Crippen molar-refractivity contribution in [2.24, 2.45) is 0 Å². The molecule has 17 heavy (non-hydrogen) atoms. The minimum absolute atomic E-state index is 0.0298. The van der Waals surface area contributed by atoms with Crippen LogP contribution in [0.1, 0.15) is 25.7 Å². The first-order valence-electron chi connectivity index (χ1n) is 5.68. The Labute approximate surface area is 101 Å². The smallest absolute Gasteiger partial charge is 0.346 e. The van der Waals surface area contributed by atoms with Crippen LogP contribution in [0.15, 0.2) is 0 Å². The third-order valence-corrected chi connectivity index (χ3v) is 2.38. The fraction of sp³-hybridized carbons (Fsp3) is 0.909. The van der Waals surface area contributed by atoms with E-state index < -0.39 is 12.6 Å². The number of carbonyl (C=O) groups excluding carboxylic acids is 1. The van der Waals surface area contributed by atoms with Crippen molar-refractivity contribution in [3.63, 3.8) is 0 Å². The summed E-state index contributed by atoms with van der Waals surface area (Å²) in [5.74, 6) is -0.215. The van der Waals surface area contributed by atoms with Crippen molar-refractivity contribution >= 4 is 5.91 Å². The lowest BCUT2D eigenvalue weighted by Crippen LogP contribution is -2.29.